The summed E-state index contributed by atoms with van der Waals surface area (Å²) in [5, 5.41) is 0.452. The van der Waals surface area contributed by atoms with Gasteiger partial charge < -0.3 is 5.73 Å². The van der Waals surface area contributed by atoms with Crippen molar-refractivity contribution < 1.29 is 4.79 Å². The molecule has 1 aromatic carbocycles. The van der Waals surface area contributed by atoms with Crippen molar-refractivity contribution in [3.05, 3.63) is 33.8 Å². The molecule has 1 amide bonds. The molecule has 0 aliphatic heterocycles. The van der Waals surface area contributed by atoms with E-state index in [2.05, 4.69) is 0 Å². The minimum Gasteiger partial charge on any atom is -0.366 e. The Kier molecular flexibility index (Phi) is 5.24. The molecule has 2 N–H and O–H groups in total. The van der Waals surface area contributed by atoms with E-state index in [9.17, 15) is 4.79 Å². The third-order valence-corrected chi connectivity index (χ3v) is 2.17. The number of amides is 1. The summed E-state index contributed by atoms with van der Waals surface area (Å²) in [5.41, 5.74) is 7.40. The summed E-state index contributed by atoms with van der Waals surface area (Å²) in [7, 11) is 0. The number of hydrogen-bond donors (Lipinski definition) is 1. The van der Waals surface area contributed by atoms with Gasteiger partial charge in [-0.05, 0) is 31.0 Å². The molecule has 2 nitrogen and oxygen atoms in total. The van der Waals surface area contributed by atoms with Crippen LogP contribution >= 0.6 is 11.6 Å². The molecule has 1 aromatic rings. The lowest BCUT2D eigenvalue weighted by Gasteiger charge is -2.04. The van der Waals surface area contributed by atoms with Crippen LogP contribution in [0.4, 0.5) is 0 Å². The predicted molar refractivity (Wildman–Crippen MR) is 60.8 cm³/mol. The molecular weight excluding hydrogens is 198 g/mol. The van der Waals surface area contributed by atoms with Crippen LogP contribution in [0.25, 0.3) is 0 Å². The Morgan fingerprint density at radius 2 is 1.79 bits per heavy atom. The van der Waals surface area contributed by atoms with Gasteiger partial charge in [-0.3, -0.25) is 4.79 Å². The summed E-state index contributed by atoms with van der Waals surface area (Å²) in [6.07, 6.45) is 0. The van der Waals surface area contributed by atoms with Crippen LogP contribution in [0.2, 0.25) is 5.02 Å². The number of nitrogens with two attached hydrogens (primary N) is 1. The summed E-state index contributed by atoms with van der Waals surface area (Å²) < 4.78 is 0. The minimum atomic E-state index is -0.480. The van der Waals surface area contributed by atoms with Crippen molar-refractivity contribution in [3.8, 4) is 0 Å². The van der Waals surface area contributed by atoms with Crippen molar-refractivity contribution in [1.82, 2.24) is 0 Å². The van der Waals surface area contributed by atoms with Crippen molar-refractivity contribution in [1.29, 1.82) is 0 Å². The number of carbonyl (C=O) groups excluding carboxylic acids is 1. The molecule has 78 valence electrons. The maximum atomic E-state index is 10.9. The van der Waals surface area contributed by atoms with Gasteiger partial charge in [-0.1, -0.05) is 31.5 Å². The number of rotatable bonds is 1. The quantitative estimate of drug-likeness (QED) is 0.766. The largest absolute Gasteiger partial charge is 0.366 e. The van der Waals surface area contributed by atoms with Crippen LogP contribution in [-0.2, 0) is 0 Å². The molecule has 0 aromatic heterocycles. The summed E-state index contributed by atoms with van der Waals surface area (Å²) >= 11 is 5.86. The Bertz CT molecular complexity index is 334. The Labute approximate surface area is 90.1 Å². The van der Waals surface area contributed by atoms with Gasteiger partial charge in [0.1, 0.15) is 0 Å². The summed E-state index contributed by atoms with van der Waals surface area (Å²) in [6, 6.07) is 3.60. The van der Waals surface area contributed by atoms with Crippen LogP contribution in [0.5, 0.6) is 0 Å². The molecule has 3 heteroatoms. The fourth-order valence-corrected chi connectivity index (χ4v) is 1.33. The normalized spacial score (nSPS) is 8.93. The Balaban J connectivity index is 0.000000791. The van der Waals surface area contributed by atoms with Crippen LogP contribution in [-0.4, -0.2) is 5.91 Å². The van der Waals surface area contributed by atoms with Gasteiger partial charge in [-0.15, -0.1) is 0 Å². The van der Waals surface area contributed by atoms with Crippen LogP contribution in [0.1, 0.15) is 35.3 Å². The van der Waals surface area contributed by atoms with Crippen molar-refractivity contribution in [2.24, 2.45) is 5.73 Å². The molecule has 0 saturated heterocycles. The van der Waals surface area contributed by atoms with Crippen LogP contribution in [0.3, 0.4) is 0 Å². The third kappa shape index (κ3) is 3.04. The maximum absolute atomic E-state index is 10.9. The molecule has 0 aliphatic carbocycles. The molecule has 0 aliphatic rings. The number of hydrogen-bond acceptors (Lipinski definition) is 1. The van der Waals surface area contributed by atoms with E-state index in [0.29, 0.717) is 10.6 Å². The molecule has 0 atom stereocenters. The number of carbonyl (C=O) groups is 1. The highest BCUT2D eigenvalue weighted by atomic mass is 35.5. The summed E-state index contributed by atoms with van der Waals surface area (Å²) in [4.78, 5) is 10.9. The van der Waals surface area contributed by atoms with Crippen molar-refractivity contribution >= 4 is 17.5 Å². The summed E-state index contributed by atoms with van der Waals surface area (Å²) in [6.45, 7) is 7.75. The van der Waals surface area contributed by atoms with Gasteiger partial charge >= 0.3 is 0 Å². The molecule has 0 heterocycles. The van der Waals surface area contributed by atoms with E-state index >= 15 is 0 Å². The average Bonchev–Trinajstić information content (AvgIpc) is 2.14. The maximum Gasteiger partial charge on any atom is 0.250 e. The zero-order chi connectivity index (χ0) is 11.3. The Morgan fingerprint density at radius 1 is 1.29 bits per heavy atom. The molecule has 0 saturated carbocycles. The van der Waals surface area contributed by atoms with Crippen LogP contribution in [0, 0.1) is 13.8 Å². The molecule has 0 fully saturated rings. The first kappa shape index (κ1) is 13.0. The number of halogens is 1. The van der Waals surface area contributed by atoms with E-state index in [1.807, 2.05) is 33.8 Å². The Morgan fingerprint density at radius 3 is 2.21 bits per heavy atom. The molecule has 0 radical (unpaired) electrons. The van der Waals surface area contributed by atoms with Gasteiger partial charge in [-0.25, -0.2) is 0 Å². The molecular formula is C11H16ClNO. The fourth-order valence-electron chi connectivity index (χ4n) is 1.13. The predicted octanol–water partition coefficient (Wildman–Crippen LogP) is 3.08. The molecule has 0 bridgehead atoms. The smallest absolute Gasteiger partial charge is 0.250 e. The van der Waals surface area contributed by atoms with Crippen LogP contribution < -0.4 is 5.73 Å². The zero-order valence-electron chi connectivity index (χ0n) is 9.02. The lowest BCUT2D eigenvalue weighted by molar-refractivity contribution is 0.100. The average molecular weight is 214 g/mol. The monoisotopic (exact) mass is 213 g/mol. The second-order valence-corrected chi connectivity index (χ2v) is 3.19. The van der Waals surface area contributed by atoms with Crippen molar-refractivity contribution in [2.45, 2.75) is 27.7 Å². The van der Waals surface area contributed by atoms with Gasteiger partial charge in [0, 0.05) is 0 Å². The second-order valence-electron chi connectivity index (χ2n) is 2.81. The molecule has 0 unspecified atom stereocenters. The number of primary amides is 1. The Hall–Kier alpha value is -1.02. The van der Waals surface area contributed by atoms with Crippen molar-refractivity contribution in [3.63, 3.8) is 0 Å². The highest BCUT2D eigenvalue weighted by Crippen LogP contribution is 2.21. The minimum absolute atomic E-state index is 0.397. The van der Waals surface area contributed by atoms with Gasteiger partial charge in [-0.2, -0.15) is 0 Å². The molecule has 14 heavy (non-hydrogen) atoms. The van der Waals surface area contributed by atoms with E-state index in [1.54, 1.807) is 6.07 Å². The fraction of sp³-hybridized carbons (Fsp3) is 0.364. The highest BCUT2D eigenvalue weighted by molar-refractivity contribution is 6.34. The SMILES string of the molecule is CC.Cc1cc(C)c(Cl)c(C(N)=O)c1. The zero-order valence-corrected chi connectivity index (χ0v) is 9.77. The van der Waals surface area contributed by atoms with E-state index in [1.165, 1.54) is 0 Å². The third-order valence-electron chi connectivity index (χ3n) is 1.66. The van der Waals surface area contributed by atoms with Gasteiger partial charge in [0.05, 0.1) is 10.6 Å². The van der Waals surface area contributed by atoms with E-state index < -0.39 is 5.91 Å². The van der Waals surface area contributed by atoms with Gasteiger partial charge in [0.15, 0.2) is 0 Å². The first-order chi connectivity index (χ1) is 6.52. The van der Waals surface area contributed by atoms with Gasteiger partial charge in [0.25, 0.3) is 0 Å². The topological polar surface area (TPSA) is 43.1 Å². The van der Waals surface area contributed by atoms with Gasteiger partial charge in [0.2, 0.25) is 5.91 Å². The molecule has 1 rings (SSSR count). The lowest BCUT2D eigenvalue weighted by Crippen LogP contribution is -2.12. The molecule has 0 spiro atoms. The number of benzene rings is 1. The van der Waals surface area contributed by atoms with E-state index in [0.717, 1.165) is 11.1 Å². The summed E-state index contributed by atoms with van der Waals surface area (Å²) in [5.74, 6) is -0.480. The number of aryl methyl sites for hydroxylation is 2. The van der Waals surface area contributed by atoms with Crippen molar-refractivity contribution in [2.75, 3.05) is 0 Å². The van der Waals surface area contributed by atoms with Crippen LogP contribution in [0.15, 0.2) is 12.1 Å². The van der Waals surface area contributed by atoms with E-state index in [-0.39, 0.29) is 0 Å². The highest BCUT2D eigenvalue weighted by Gasteiger charge is 2.08. The van der Waals surface area contributed by atoms with E-state index in [4.69, 9.17) is 17.3 Å². The first-order valence-electron chi connectivity index (χ1n) is 4.59. The lowest BCUT2D eigenvalue weighted by atomic mass is 10.1. The second kappa shape index (κ2) is 5.66. The first-order valence-corrected chi connectivity index (χ1v) is 4.96. The standard InChI is InChI=1S/C9H10ClNO.C2H6/c1-5-3-6(2)8(10)7(4-5)9(11)12;1-2/h3-4H,1-2H3,(H2,11,12);1-2H3.